The molecule has 108 valence electrons. The van der Waals surface area contributed by atoms with Crippen molar-refractivity contribution in [1.29, 1.82) is 0 Å². The molecule has 3 rings (SSSR count). The van der Waals surface area contributed by atoms with Crippen LogP contribution in [0.5, 0.6) is 0 Å². The van der Waals surface area contributed by atoms with Gasteiger partial charge in [0.05, 0.1) is 13.2 Å². The zero-order valence-electron chi connectivity index (χ0n) is 12.1. The zero-order valence-corrected chi connectivity index (χ0v) is 12.1. The molecule has 0 unspecified atom stereocenters. The topological polar surface area (TPSA) is 43.4 Å². The summed E-state index contributed by atoms with van der Waals surface area (Å²) in [6, 6.07) is 6.24. The maximum absolute atomic E-state index is 5.97. The Balaban J connectivity index is 1.93. The van der Waals surface area contributed by atoms with E-state index in [1.807, 2.05) is 6.07 Å². The third kappa shape index (κ3) is 2.67. The van der Waals surface area contributed by atoms with Crippen molar-refractivity contribution >= 4 is 16.6 Å². The van der Waals surface area contributed by atoms with Gasteiger partial charge in [-0.3, -0.25) is 4.90 Å². The Morgan fingerprint density at radius 2 is 2.05 bits per heavy atom. The predicted molar refractivity (Wildman–Crippen MR) is 82.7 cm³/mol. The van der Waals surface area contributed by atoms with Crippen LogP contribution in [0, 0.1) is 0 Å². The standard InChI is InChI=1S/C16H23N3O/c1-2-5-19-12-13(11-18-6-8-20-9-7-18)15-10-14(17)3-4-16(15)19/h3-4,10,12H,2,5-9,11,17H2,1H3. The Kier molecular flexibility index (Phi) is 3.94. The first kappa shape index (κ1) is 13.5. The van der Waals surface area contributed by atoms with Gasteiger partial charge in [-0.05, 0) is 30.2 Å². The summed E-state index contributed by atoms with van der Waals surface area (Å²) < 4.78 is 7.77. The Morgan fingerprint density at radius 1 is 1.25 bits per heavy atom. The van der Waals surface area contributed by atoms with Crippen LogP contribution < -0.4 is 5.73 Å². The minimum Gasteiger partial charge on any atom is -0.399 e. The smallest absolute Gasteiger partial charge is 0.0594 e. The van der Waals surface area contributed by atoms with E-state index in [2.05, 4.69) is 34.7 Å². The van der Waals surface area contributed by atoms with Gasteiger partial charge in [-0.15, -0.1) is 0 Å². The number of aryl methyl sites for hydroxylation is 1. The third-order valence-electron chi connectivity index (χ3n) is 3.95. The van der Waals surface area contributed by atoms with E-state index in [0.717, 1.165) is 51.5 Å². The van der Waals surface area contributed by atoms with Crippen LogP contribution in [0.4, 0.5) is 5.69 Å². The molecular formula is C16H23N3O. The van der Waals surface area contributed by atoms with Crippen molar-refractivity contribution < 1.29 is 4.74 Å². The van der Waals surface area contributed by atoms with Crippen LogP contribution in [0.3, 0.4) is 0 Å². The molecule has 1 aromatic heterocycles. The molecule has 2 N–H and O–H groups in total. The maximum Gasteiger partial charge on any atom is 0.0594 e. The molecule has 20 heavy (non-hydrogen) atoms. The van der Waals surface area contributed by atoms with Gasteiger partial charge in [0.15, 0.2) is 0 Å². The summed E-state index contributed by atoms with van der Waals surface area (Å²) in [6.07, 6.45) is 3.44. The maximum atomic E-state index is 5.97. The number of nitrogens with two attached hydrogens (primary N) is 1. The molecule has 0 amide bonds. The van der Waals surface area contributed by atoms with E-state index >= 15 is 0 Å². The van der Waals surface area contributed by atoms with Crippen LogP contribution in [-0.4, -0.2) is 35.8 Å². The second-order valence-corrected chi connectivity index (χ2v) is 5.51. The Hall–Kier alpha value is -1.52. The van der Waals surface area contributed by atoms with Crippen molar-refractivity contribution in [2.45, 2.75) is 26.4 Å². The molecule has 1 aliphatic heterocycles. The fourth-order valence-corrected chi connectivity index (χ4v) is 2.94. The van der Waals surface area contributed by atoms with Crippen molar-refractivity contribution in [3.05, 3.63) is 30.0 Å². The summed E-state index contributed by atoms with van der Waals surface area (Å²) in [6.45, 7) is 7.98. The molecule has 2 aromatic rings. The third-order valence-corrected chi connectivity index (χ3v) is 3.95. The van der Waals surface area contributed by atoms with Gasteiger partial charge >= 0.3 is 0 Å². The highest BCUT2D eigenvalue weighted by molar-refractivity contribution is 5.86. The second-order valence-electron chi connectivity index (χ2n) is 5.51. The number of aromatic nitrogens is 1. The number of hydrogen-bond donors (Lipinski definition) is 1. The van der Waals surface area contributed by atoms with Gasteiger partial charge in [0.2, 0.25) is 0 Å². The van der Waals surface area contributed by atoms with Gasteiger partial charge in [0.25, 0.3) is 0 Å². The number of nitrogens with zero attached hydrogens (tertiary/aromatic N) is 2. The van der Waals surface area contributed by atoms with Crippen molar-refractivity contribution in [2.75, 3.05) is 32.0 Å². The summed E-state index contributed by atoms with van der Waals surface area (Å²) in [7, 11) is 0. The molecule has 0 aliphatic carbocycles. The number of nitrogen functional groups attached to an aromatic ring is 1. The number of rotatable bonds is 4. The fourth-order valence-electron chi connectivity index (χ4n) is 2.94. The average Bonchev–Trinajstić information content (AvgIpc) is 2.78. The van der Waals surface area contributed by atoms with Gasteiger partial charge in [0, 0.05) is 49.0 Å². The predicted octanol–water partition coefficient (Wildman–Crippen LogP) is 2.47. The highest BCUT2D eigenvalue weighted by Gasteiger charge is 2.14. The number of anilines is 1. The number of hydrogen-bond acceptors (Lipinski definition) is 3. The van der Waals surface area contributed by atoms with Crippen molar-refractivity contribution in [1.82, 2.24) is 9.47 Å². The lowest BCUT2D eigenvalue weighted by Gasteiger charge is -2.26. The molecule has 0 spiro atoms. The second kappa shape index (κ2) is 5.85. The molecular weight excluding hydrogens is 250 g/mol. The zero-order chi connectivity index (χ0) is 13.9. The molecule has 4 heteroatoms. The SMILES string of the molecule is CCCn1cc(CN2CCOCC2)c2cc(N)ccc21. The first-order chi connectivity index (χ1) is 9.78. The average molecular weight is 273 g/mol. The highest BCUT2D eigenvalue weighted by Crippen LogP contribution is 2.25. The van der Waals surface area contributed by atoms with E-state index < -0.39 is 0 Å². The van der Waals surface area contributed by atoms with E-state index in [4.69, 9.17) is 10.5 Å². The number of ether oxygens (including phenoxy) is 1. The van der Waals surface area contributed by atoms with Crippen LogP contribution in [0.1, 0.15) is 18.9 Å². The molecule has 1 saturated heterocycles. The van der Waals surface area contributed by atoms with Crippen LogP contribution >= 0.6 is 0 Å². The van der Waals surface area contributed by atoms with E-state index in [-0.39, 0.29) is 0 Å². The lowest BCUT2D eigenvalue weighted by molar-refractivity contribution is 0.0343. The van der Waals surface area contributed by atoms with Crippen LogP contribution in [-0.2, 0) is 17.8 Å². The van der Waals surface area contributed by atoms with Crippen LogP contribution in [0.25, 0.3) is 10.9 Å². The number of fused-ring (bicyclic) bond motifs is 1. The number of morpholine rings is 1. The first-order valence-corrected chi connectivity index (χ1v) is 7.45. The summed E-state index contributed by atoms with van der Waals surface area (Å²) in [4.78, 5) is 2.46. The van der Waals surface area contributed by atoms with E-state index in [0.29, 0.717) is 0 Å². The molecule has 1 aromatic carbocycles. The van der Waals surface area contributed by atoms with Crippen molar-refractivity contribution in [2.24, 2.45) is 0 Å². The lowest BCUT2D eigenvalue weighted by Crippen LogP contribution is -2.35. The number of benzene rings is 1. The summed E-state index contributed by atoms with van der Waals surface area (Å²) in [5.74, 6) is 0. The molecule has 1 aliphatic rings. The highest BCUT2D eigenvalue weighted by atomic mass is 16.5. The Labute approximate surface area is 120 Å². The quantitative estimate of drug-likeness (QED) is 0.870. The van der Waals surface area contributed by atoms with Gasteiger partial charge in [0.1, 0.15) is 0 Å². The summed E-state index contributed by atoms with van der Waals surface area (Å²) in [5, 5.41) is 1.30. The minimum absolute atomic E-state index is 0.843. The Bertz CT molecular complexity index is 585. The van der Waals surface area contributed by atoms with E-state index in [1.165, 1.54) is 16.5 Å². The summed E-state index contributed by atoms with van der Waals surface area (Å²) in [5.41, 5.74) is 9.48. The molecule has 0 saturated carbocycles. The van der Waals surface area contributed by atoms with Crippen molar-refractivity contribution in [3.8, 4) is 0 Å². The molecule has 2 heterocycles. The lowest BCUT2D eigenvalue weighted by atomic mass is 10.1. The van der Waals surface area contributed by atoms with Crippen LogP contribution in [0.15, 0.2) is 24.4 Å². The first-order valence-electron chi connectivity index (χ1n) is 7.45. The largest absolute Gasteiger partial charge is 0.399 e. The minimum atomic E-state index is 0.843. The van der Waals surface area contributed by atoms with E-state index in [1.54, 1.807) is 0 Å². The fraction of sp³-hybridized carbons (Fsp3) is 0.500. The molecule has 0 radical (unpaired) electrons. The molecule has 4 nitrogen and oxygen atoms in total. The molecule has 1 fully saturated rings. The van der Waals surface area contributed by atoms with Crippen molar-refractivity contribution in [3.63, 3.8) is 0 Å². The van der Waals surface area contributed by atoms with Gasteiger partial charge < -0.3 is 15.0 Å². The Morgan fingerprint density at radius 3 is 2.80 bits per heavy atom. The normalized spacial score (nSPS) is 16.9. The van der Waals surface area contributed by atoms with Gasteiger partial charge in [-0.25, -0.2) is 0 Å². The monoisotopic (exact) mass is 273 g/mol. The van der Waals surface area contributed by atoms with Gasteiger partial charge in [-0.1, -0.05) is 6.92 Å². The van der Waals surface area contributed by atoms with Gasteiger partial charge in [-0.2, -0.15) is 0 Å². The molecule has 0 atom stereocenters. The van der Waals surface area contributed by atoms with Crippen LogP contribution in [0.2, 0.25) is 0 Å². The molecule has 0 bridgehead atoms. The van der Waals surface area contributed by atoms with E-state index in [9.17, 15) is 0 Å². The summed E-state index contributed by atoms with van der Waals surface area (Å²) >= 11 is 0.